The first-order valence-corrected chi connectivity index (χ1v) is 5.19. The van der Waals surface area contributed by atoms with Crippen molar-refractivity contribution in [3.63, 3.8) is 0 Å². The van der Waals surface area contributed by atoms with E-state index in [4.69, 9.17) is 0 Å². The minimum absolute atomic E-state index is 0.386. The normalized spacial score (nSPS) is 40.7. The van der Waals surface area contributed by atoms with Crippen molar-refractivity contribution in [2.24, 2.45) is 0 Å². The summed E-state index contributed by atoms with van der Waals surface area (Å²) in [6.45, 7) is 1.58. The number of fused-ring (bicyclic) bond motifs is 1. The van der Waals surface area contributed by atoms with Gasteiger partial charge in [0, 0.05) is 0 Å². The molecule has 0 spiro atoms. The Morgan fingerprint density at radius 1 is 1.77 bits per heavy atom. The number of nitrogens with one attached hydrogen (secondary N) is 1. The molecule has 1 unspecified atom stereocenters. The number of anilines is 1. The minimum atomic E-state index is -2.90. The topological polar surface area (TPSA) is 88.0 Å². The number of H-pyrrole nitrogens is 1. The summed E-state index contributed by atoms with van der Waals surface area (Å²) in [7, 11) is -2.90. The Bertz CT molecular complexity index is 443. The van der Waals surface area contributed by atoms with Gasteiger partial charge in [-0.1, -0.05) is 0 Å². The van der Waals surface area contributed by atoms with E-state index >= 15 is 0 Å². The second-order valence-corrected chi connectivity index (χ2v) is 5.55. The number of hydrogen-bond donors (Lipinski definition) is 1. The zero-order valence-electron chi connectivity index (χ0n) is 6.59. The first kappa shape index (κ1) is 7.08. The molecular weight excluding hydrogens is 195 g/mol. The summed E-state index contributed by atoms with van der Waals surface area (Å²) in [6.07, 6.45) is 1.40. The molecule has 0 bridgehead atoms. The molecule has 0 aliphatic carbocycles. The van der Waals surface area contributed by atoms with Gasteiger partial charge in [0.05, 0.1) is 6.20 Å². The Labute approximate surface area is 72.6 Å². The molecule has 2 fully saturated rings. The molecule has 1 aromatic rings. The Kier molecular flexibility index (Phi) is 0.887. The highest BCUT2D eigenvalue weighted by Crippen LogP contribution is 2.88. The van der Waals surface area contributed by atoms with Crippen LogP contribution >= 0.6 is 7.52 Å². The third kappa shape index (κ3) is 0.505. The predicted molar refractivity (Wildman–Crippen MR) is 41.0 cm³/mol. The van der Waals surface area contributed by atoms with E-state index in [9.17, 15) is 9.36 Å². The number of carbonyl (C=O) groups excluding carboxylic acids is 1. The molecule has 8 heteroatoms. The van der Waals surface area contributed by atoms with Crippen molar-refractivity contribution in [2.75, 3.05) is 4.67 Å². The maximum atomic E-state index is 11.7. The molecule has 1 N–H and O–H groups in total. The lowest BCUT2D eigenvalue weighted by molar-refractivity contribution is -0.138. The van der Waals surface area contributed by atoms with Gasteiger partial charge < -0.3 is 4.52 Å². The van der Waals surface area contributed by atoms with Crippen molar-refractivity contribution < 1.29 is 13.9 Å². The Morgan fingerprint density at radius 2 is 2.54 bits per heavy atom. The SMILES string of the molecule is C[C@]12C(=O)OP1(=O)N2c1cn[nH]n1. The van der Waals surface area contributed by atoms with Crippen molar-refractivity contribution in [2.45, 2.75) is 12.2 Å². The average Bonchev–Trinajstić information content (AvgIpc) is 2.51. The first-order valence-electron chi connectivity index (χ1n) is 3.61. The van der Waals surface area contributed by atoms with Crippen LogP contribution in [0.4, 0.5) is 5.82 Å². The average molecular weight is 200 g/mol. The fourth-order valence-corrected chi connectivity index (χ4v) is 3.84. The lowest BCUT2D eigenvalue weighted by atomic mass is 10.3. The Hall–Kier alpha value is -1.36. The van der Waals surface area contributed by atoms with Crippen LogP contribution in [-0.4, -0.2) is 26.7 Å². The van der Waals surface area contributed by atoms with Crippen molar-refractivity contribution in [3.8, 4) is 0 Å². The molecule has 7 nitrogen and oxygen atoms in total. The number of hydrogen-bond acceptors (Lipinski definition) is 5. The summed E-state index contributed by atoms with van der Waals surface area (Å²) >= 11 is 0. The molecule has 0 amide bonds. The van der Waals surface area contributed by atoms with E-state index in [1.165, 1.54) is 10.9 Å². The highest BCUT2D eigenvalue weighted by molar-refractivity contribution is 7.75. The molecule has 0 saturated carbocycles. The molecule has 0 aromatic carbocycles. The van der Waals surface area contributed by atoms with E-state index in [-0.39, 0.29) is 0 Å². The molecule has 2 aliphatic rings. The van der Waals surface area contributed by atoms with Gasteiger partial charge in [0.2, 0.25) is 0 Å². The van der Waals surface area contributed by atoms with Crippen LogP contribution in [0.1, 0.15) is 6.92 Å². The number of aromatic nitrogens is 3. The van der Waals surface area contributed by atoms with Crippen LogP contribution in [0.3, 0.4) is 0 Å². The van der Waals surface area contributed by atoms with Crippen LogP contribution in [0, 0.1) is 0 Å². The van der Waals surface area contributed by atoms with E-state index in [0.29, 0.717) is 5.82 Å². The fourth-order valence-electron chi connectivity index (χ4n) is 1.52. The lowest BCUT2D eigenvalue weighted by Gasteiger charge is -2.12. The summed E-state index contributed by atoms with van der Waals surface area (Å²) in [5, 5.41) is 8.70. The van der Waals surface area contributed by atoms with Gasteiger partial charge in [-0.3, -0.25) is 0 Å². The van der Waals surface area contributed by atoms with Gasteiger partial charge in [-0.2, -0.15) is 10.3 Å². The zero-order valence-corrected chi connectivity index (χ0v) is 7.49. The maximum absolute atomic E-state index is 11.7. The van der Waals surface area contributed by atoms with Gasteiger partial charge in [0.15, 0.2) is 5.82 Å². The Balaban J connectivity index is 2.08. The number of nitrogens with zero attached hydrogens (tertiary/aromatic N) is 3. The first-order chi connectivity index (χ1) is 6.11. The van der Waals surface area contributed by atoms with E-state index < -0.39 is 18.8 Å². The molecule has 2 aliphatic heterocycles. The zero-order chi connectivity index (χ0) is 9.27. The standard InChI is InChI=1S/C5H5N4O3P/c1-5-4(10)12-13(5,11)9(5)3-2-6-8-7-3/h2H,1H3,(H,6,7,8)/t5-,9?,13?/m1/s1. The van der Waals surface area contributed by atoms with Crippen LogP contribution in [-0.2, 0) is 13.9 Å². The highest BCUT2D eigenvalue weighted by Gasteiger charge is 2.89. The molecule has 2 saturated heterocycles. The van der Waals surface area contributed by atoms with Crippen LogP contribution in [0.15, 0.2) is 6.20 Å². The largest absolute Gasteiger partial charge is 0.392 e. The van der Waals surface area contributed by atoms with Crippen LogP contribution in [0.25, 0.3) is 0 Å². The van der Waals surface area contributed by atoms with Crippen molar-refractivity contribution in [3.05, 3.63) is 6.20 Å². The summed E-state index contributed by atoms with van der Waals surface area (Å²) in [4.78, 5) is 11.0. The van der Waals surface area contributed by atoms with Crippen molar-refractivity contribution in [1.29, 1.82) is 0 Å². The quantitative estimate of drug-likeness (QED) is 0.510. The van der Waals surface area contributed by atoms with Gasteiger partial charge in [-0.25, -0.2) is 14.0 Å². The third-order valence-corrected chi connectivity index (χ3v) is 5.24. The molecule has 2 atom stereocenters. The second-order valence-electron chi connectivity index (χ2n) is 3.06. The highest BCUT2D eigenvalue weighted by atomic mass is 31.2. The molecule has 0 radical (unpaired) electrons. The van der Waals surface area contributed by atoms with Crippen LogP contribution in [0.5, 0.6) is 0 Å². The third-order valence-electron chi connectivity index (χ3n) is 2.40. The fraction of sp³-hybridized carbons (Fsp3) is 0.400. The summed E-state index contributed by atoms with van der Waals surface area (Å²) in [5.41, 5.74) is 0. The molecule has 3 heterocycles. The number of carbonyl (C=O) groups is 1. The summed E-state index contributed by atoms with van der Waals surface area (Å²) < 4.78 is 17.7. The molecule has 13 heavy (non-hydrogen) atoms. The smallest absolute Gasteiger partial charge is 0.385 e. The van der Waals surface area contributed by atoms with Gasteiger partial charge in [0.25, 0.3) is 5.28 Å². The number of rotatable bonds is 1. The van der Waals surface area contributed by atoms with E-state index in [2.05, 4.69) is 19.9 Å². The second kappa shape index (κ2) is 1.63. The van der Waals surface area contributed by atoms with Crippen molar-refractivity contribution >= 4 is 19.3 Å². The van der Waals surface area contributed by atoms with Gasteiger partial charge >= 0.3 is 13.5 Å². The predicted octanol–water partition coefficient (Wildman–Crippen LogP) is 0.0908. The summed E-state index contributed by atoms with van der Waals surface area (Å²) in [5.74, 6) is -0.0736. The minimum Gasteiger partial charge on any atom is -0.392 e. The van der Waals surface area contributed by atoms with Gasteiger partial charge in [-0.15, -0.1) is 5.10 Å². The monoisotopic (exact) mass is 200 g/mol. The molecular formula is C5H5N4O3P. The molecule has 3 rings (SSSR count). The van der Waals surface area contributed by atoms with Gasteiger partial charge in [0.1, 0.15) is 0 Å². The van der Waals surface area contributed by atoms with E-state index in [0.717, 1.165) is 0 Å². The lowest BCUT2D eigenvalue weighted by Crippen LogP contribution is -2.31. The van der Waals surface area contributed by atoms with Crippen LogP contribution in [0.2, 0.25) is 0 Å². The maximum Gasteiger partial charge on any atom is 0.385 e. The molecule has 68 valence electrons. The van der Waals surface area contributed by atoms with E-state index in [1.54, 1.807) is 6.92 Å². The van der Waals surface area contributed by atoms with Gasteiger partial charge in [-0.05, 0) is 6.92 Å². The van der Waals surface area contributed by atoms with Crippen LogP contribution < -0.4 is 4.67 Å². The number of aromatic amines is 1. The Morgan fingerprint density at radius 3 is 2.92 bits per heavy atom. The van der Waals surface area contributed by atoms with E-state index in [1.807, 2.05) is 0 Å². The van der Waals surface area contributed by atoms with Crippen molar-refractivity contribution in [1.82, 2.24) is 15.4 Å². The molecule has 1 aromatic heterocycles. The summed E-state index contributed by atoms with van der Waals surface area (Å²) in [6, 6.07) is 0.